The highest BCUT2D eigenvalue weighted by atomic mass is 32.2. The number of nitrogens with one attached hydrogen (secondary N) is 1. The third-order valence-corrected chi connectivity index (χ3v) is 8.45. The molecule has 4 rings (SSSR count). The summed E-state index contributed by atoms with van der Waals surface area (Å²) in [5.74, 6) is 0.0623. The minimum absolute atomic E-state index is 0.0623. The molecule has 8 heteroatoms. The molecular weight excluding hydrogens is 400 g/mol. The van der Waals surface area contributed by atoms with Crippen LogP contribution in [-0.4, -0.2) is 72.1 Å². The lowest BCUT2D eigenvalue weighted by Gasteiger charge is -2.36. The van der Waals surface area contributed by atoms with E-state index in [0.29, 0.717) is 45.7 Å². The molecule has 0 spiro atoms. The van der Waals surface area contributed by atoms with E-state index in [9.17, 15) is 13.2 Å². The number of carbonyl (C=O) groups excluding carboxylic acids is 1. The Morgan fingerprint density at radius 2 is 1.57 bits per heavy atom. The number of rotatable bonds is 4. The molecular formula is C22H32N4O3S. The summed E-state index contributed by atoms with van der Waals surface area (Å²) in [6, 6.07) is 6.24. The van der Waals surface area contributed by atoms with Gasteiger partial charge in [0.15, 0.2) is 0 Å². The number of fused-ring (bicyclic) bond motifs is 1. The minimum atomic E-state index is -3.42. The molecule has 2 fully saturated rings. The van der Waals surface area contributed by atoms with Crippen LogP contribution in [0.2, 0.25) is 0 Å². The van der Waals surface area contributed by atoms with Gasteiger partial charge in [-0.25, -0.2) is 0 Å². The topological polar surface area (TPSA) is 76.7 Å². The predicted molar refractivity (Wildman–Crippen MR) is 119 cm³/mol. The van der Waals surface area contributed by atoms with E-state index < -0.39 is 10.2 Å². The highest BCUT2D eigenvalue weighted by Gasteiger charge is 2.33. The molecule has 0 aliphatic carbocycles. The molecule has 164 valence electrons. The molecule has 0 bridgehead atoms. The lowest BCUT2D eigenvalue weighted by atomic mass is 10.0. The van der Waals surface area contributed by atoms with Crippen LogP contribution in [0.4, 0.5) is 0 Å². The maximum atomic E-state index is 13.0. The first-order chi connectivity index (χ1) is 14.4. The van der Waals surface area contributed by atoms with Crippen LogP contribution in [-0.2, 0) is 21.4 Å². The van der Waals surface area contributed by atoms with E-state index in [1.54, 1.807) is 8.61 Å². The van der Waals surface area contributed by atoms with E-state index >= 15 is 0 Å². The number of H-pyrrole nitrogens is 1. The summed E-state index contributed by atoms with van der Waals surface area (Å²) in [5.41, 5.74) is 4.28. The van der Waals surface area contributed by atoms with E-state index in [0.717, 1.165) is 47.8 Å². The lowest BCUT2D eigenvalue weighted by molar-refractivity contribution is -0.131. The fourth-order valence-electron chi connectivity index (χ4n) is 4.59. The molecule has 0 atom stereocenters. The van der Waals surface area contributed by atoms with Gasteiger partial charge in [0.2, 0.25) is 5.91 Å². The van der Waals surface area contributed by atoms with Crippen LogP contribution >= 0.6 is 0 Å². The highest BCUT2D eigenvalue weighted by molar-refractivity contribution is 7.86. The third kappa shape index (κ3) is 4.26. The van der Waals surface area contributed by atoms with Gasteiger partial charge >= 0.3 is 0 Å². The Bertz CT molecular complexity index is 1010. The number of nitrogens with zero attached hydrogens (tertiary/aromatic N) is 3. The fraction of sp³-hybridized carbons (Fsp3) is 0.591. The standard InChI is InChI=1S/C22H32N4O3S/c1-17-7-8-21-20(15-17)19(18(2)23-21)16-22(27)24-11-13-26(14-12-24)30(28,29)25-9-5-3-4-6-10-25/h7-8,15,23H,3-6,9-14,16H2,1-2H3. The molecule has 0 saturated carbocycles. The zero-order valence-electron chi connectivity index (χ0n) is 18.0. The van der Waals surface area contributed by atoms with Gasteiger partial charge in [0.1, 0.15) is 0 Å². The van der Waals surface area contributed by atoms with Crippen molar-refractivity contribution < 1.29 is 13.2 Å². The van der Waals surface area contributed by atoms with E-state index in [1.807, 2.05) is 11.8 Å². The van der Waals surface area contributed by atoms with E-state index in [2.05, 4.69) is 30.1 Å². The third-order valence-electron chi connectivity index (χ3n) is 6.41. The van der Waals surface area contributed by atoms with Crippen molar-refractivity contribution >= 4 is 27.0 Å². The number of aryl methyl sites for hydroxylation is 2. The maximum absolute atomic E-state index is 13.0. The van der Waals surface area contributed by atoms with Crippen molar-refractivity contribution in [1.29, 1.82) is 0 Å². The Hall–Kier alpha value is -1.90. The predicted octanol–water partition coefficient (Wildman–Crippen LogP) is 2.59. The second-order valence-corrected chi connectivity index (χ2v) is 10.5. The van der Waals surface area contributed by atoms with Crippen LogP contribution in [0.1, 0.15) is 42.5 Å². The summed E-state index contributed by atoms with van der Waals surface area (Å²) in [4.78, 5) is 18.2. The average molecular weight is 433 g/mol. The van der Waals surface area contributed by atoms with Crippen LogP contribution in [0.5, 0.6) is 0 Å². The zero-order chi connectivity index (χ0) is 21.3. The van der Waals surface area contributed by atoms with Gasteiger partial charge in [-0.3, -0.25) is 4.79 Å². The van der Waals surface area contributed by atoms with Gasteiger partial charge in [-0.15, -0.1) is 0 Å². The normalized spacial score (nSPS) is 19.9. The summed E-state index contributed by atoms with van der Waals surface area (Å²) >= 11 is 0. The van der Waals surface area contributed by atoms with Gasteiger partial charge in [0, 0.05) is 55.9 Å². The number of aromatic nitrogens is 1. The van der Waals surface area contributed by atoms with Gasteiger partial charge in [-0.05, 0) is 44.4 Å². The van der Waals surface area contributed by atoms with Crippen molar-refractivity contribution in [1.82, 2.24) is 18.5 Å². The van der Waals surface area contributed by atoms with Crippen molar-refractivity contribution in [3.63, 3.8) is 0 Å². The molecule has 1 N–H and O–H groups in total. The van der Waals surface area contributed by atoms with E-state index in [1.165, 1.54) is 5.56 Å². The van der Waals surface area contributed by atoms with E-state index in [4.69, 9.17) is 0 Å². The van der Waals surface area contributed by atoms with Crippen molar-refractivity contribution in [3.8, 4) is 0 Å². The zero-order valence-corrected chi connectivity index (χ0v) is 18.8. The van der Waals surface area contributed by atoms with Gasteiger partial charge in [0.25, 0.3) is 10.2 Å². The smallest absolute Gasteiger partial charge is 0.282 e. The Kier molecular flexibility index (Phi) is 6.18. The fourth-order valence-corrected chi connectivity index (χ4v) is 6.26. The summed E-state index contributed by atoms with van der Waals surface area (Å²) in [5, 5.41) is 1.10. The number of carbonyl (C=O) groups is 1. The molecule has 0 radical (unpaired) electrons. The Morgan fingerprint density at radius 3 is 2.23 bits per heavy atom. The van der Waals surface area contributed by atoms with Crippen molar-refractivity contribution in [2.45, 2.75) is 46.0 Å². The average Bonchev–Trinajstić information content (AvgIpc) is 2.92. The maximum Gasteiger partial charge on any atom is 0.282 e. The van der Waals surface area contributed by atoms with Crippen molar-refractivity contribution in [2.75, 3.05) is 39.3 Å². The second-order valence-electron chi connectivity index (χ2n) is 8.56. The number of piperazine rings is 1. The number of aromatic amines is 1. The van der Waals surface area contributed by atoms with Crippen LogP contribution in [0.15, 0.2) is 18.2 Å². The van der Waals surface area contributed by atoms with Gasteiger partial charge < -0.3 is 9.88 Å². The van der Waals surface area contributed by atoms with Crippen LogP contribution in [0.25, 0.3) is 10.9 Å². The monoisotopic (exact) mass is 432 g/mol. The van der Waals surface area contributed by atoms with Crippen LogP contribution in [0.3, 0.4) is 0 Å². The van der Waals surface area contributed by atoms with E-state index in [-0.39, 0.29) is 5.91 Å². The number of benzene rings is 1. The Morgan fingerprint density at radius 1 is 0.933 bits per heavy atom. The highest BCUT2D eigenvalue weighted by Crippen LogP contribution is 2.25. The van der Waals surface area contributed by atoms with Gasteiger partial charge in [-0.1, -0.05) is 24.5 Å². The molecule has 2 saturated heterocycles. The first-order valence-corrected chi connectivity index (χ1v) is 12.4. The van der Waals surface area contributed by atoms with Crippen molar-refractivity contribution in [3.05, 3.63) is 35.0 Å². The molecule has 2 aliphatic heterocycles. The largest absolute Gasteiger partial charge is 0.358 e. The lowest BCUT2D eigenvalue weighted by Crippen LogP contribution is -2.54. The number of hydrogen-bond donors (Lipinski definition) is 1. The van der Waals surface area contributed by atoms with Gasteiger partial charge in [-0.2, -0.15) is 17.0 Å². The summed E-state index contributed by atoms with van der Waals surface area (Å²) in [6.07, 6.45) is 4.40. The summed E-state index contributed by atoms with van der Waals surface area (Å²) in [6.45, 7) is 6.92. The second kappa shape index (κ2) is 8.69. The Balaban J connectivity index is 1.40. The molecule has 0 unspecified atom stereocenters. The molecule has 7 nitrogen and oxygen atoms in total. The number of hydrogen-bond acceptors (Lipinski definition) is 3. The first-order valence-electron chi connectivity index (χ1n) is 11.0. The molecule has 30 heavy (non-hydrogen) atoms. The number of amides is 1. The molecule has 1 aromatic heterocycles. The van der Waals surface area contributed by atoms with Crippen molar-refractivity contribution in [2.24, 2.45) is 0 Å². The molecule has 2 aliphatic rings. The molecule has 1 aromatic carbocycles. The first kappa shape index (κ1) is 21.3. The van der Waals surface area contributed by atoms with Crippen LogP contribution in [0, 0.1) is 13.8 Å². The quantitative estimate of drug-likeness (QED) is 0.807. The minimum Gasteiger partial charge on any atom is -0.358 e. The summed E-state index contributed by atoms with van der Waals surface area (Å²) in [7, 11) is -3.42. The summed E-state index contributed by atoms with van der Waals surface area (Å²) < 4.78 is 29.2. The molecule has 1 amide bonds. The molecule has 2 aromatic rings. The van der Waals surface area contributed by atoms with Crippen LogP contribution < -0.4 is 0 Å². The molecule has 3 heterocycles. The SMILES string of the molecule is Cc1ccc2[nH]c(C)c(CC(=O)N3CCN(S(=O)(=O)N4CCCCCC4)CC3)c2c1. The Labute approximate surface area is 179 Å². The van der Waals surface area contributed by atoms with Gasteiger partial charge in [0.05, 0.1) is 6.42 Å².